The van der Waals surface area contributed by atoms with Crippen molar-refractivity contribution < 1.29 is 14.3 Å². The lowest BCUT2D eigenvalue weighted by Crippen LogP contribution is -2.33. The Bertz CT molecular complexity index is 860. The first kappa shape index (κ1) is 22.1. The number of hydrogen-bond acceptors (Lipinski definition) is 6. The van der Waals surface area contributed by atoms with Gasteiger partial charge < -0.3 is 19.9 Å². The third-order valence-corrected chi connectivity index (χ3v) is 5.30. The van der Waals surface area contributed by atoms with Gasteiger partial charge in [-0.2, -0.15) is 0 Å². The van der Waals surface area contributed by atoms with E-state index in [2.05, 4.69) is 20.1 Å². The number of anilines is 2. The highest BCUT2D eigenvalue weighted by atomic mass is 35.5. The molecule has 1 saturated heterocycles. The van der Waals surface area contributed by atoms with Crippen LogP contribution < -0.4 is 10.2 Å². The molecular formula is C22H27ClN4O3. The van der Waals surface area contributed by atoms with E-state index in [1.54, 1.807) is 31.3 Å². The maximum Gasteiger partial charge on any atom is 0.339 e. The van der Waals surface area contributed by atoms with Gasteiger partial charge in [-0.05, 0) is 44.2 Å². The lowest BCUT2D eigenvalue weighted by Gasteiger charge is -2.22. The zero-order valence-electron chi connectivity index (χ0n) is 17.1. The Morgan fingerprint density at radius 1 is 1.13 bits per heavy atom. The third-order valence-electron chi connectivity index (χ3n) is 4.97. The fourth-order valence-electron chi connectivity index (χ4n) is 3.37. The number of ether oxygens (including phenoxy) is 1. The summed E-state index contributed by atoms with van der Waals surface area (Å²) in [6.45, 7) is 6.30. The molecule has 7 nitrogen and oxygen atoms in total. The molecule has 0 bridgehead atoms. The Hall–Kier alpha value is -2.64. The number of amides is 1. The van der Waals surface area contributed by atoms with Gasteiger partial charge in [-0.1, -0.05) is 23.7 Å². The molecule has 1 aliphatic heterocycles. The van der Waals surface area contributed by atoms with E-state index in [1.165, 1.54) is 0 Å². The lowest BCUT2D eigenvalue weighted by atomic mass is 10.2. The predicted molar refractivity (Wildman–Crippen MR) is 118 cm³/mol. The van der Waals surface area contributed by atoms with Crippen LogP contribution in [-0.4, -0.2) is 61.1 Å². The smallest absolute Gasteiger partial charge is 0.339 e. The zero-order valence-corrected chi connectivity index (χ0v) is 17.9. The van der Waals surface area contributed by atoms with Crippen LogP contribution in [0.15, 0.2) is 42.6 Å². The highest BCUT2D eigenvalue weighted by Crippen LogP contribution is 2.20. The van der Waals surface area contributed by atoms with Crippen molar-refractivity contribution in [2.75, 3.05) is 49.5 Å². The molecule has 2 heterocycles. The summed E-state index contributed by atoms with van der Waals surface area (Å²) in [5.41, 5.74) is 1.10. The summed E-state index contributed by atoms with van der Waals surface area (Å²) in [6.07, 6.45) is 2.96. The quantitative estimate of drug-likeness (QED) is 0.678. The van der Waals surface area contributed by atoms with Gasteiger partial charge in [0, 0.05) is 38.8 Å². The molecule has 0 aliphatic carbocycles. The monoisotopic (exact) mass is 430 g/mol. The summed E-state index contributed by atoms with van der Waals surface area (Å²) in [6, 6.07) is 10.8. The number of pyridine rings is 1. The first-order valence-electron chi connectivity index (χ1n) is 10.2. The summed E-state index contributed by atoms with van der Waals surface area (Å²) in [4.78, 5) is 33.0. The maximum absolute atomic E-state index is 12.3. The molecule has 0 radical (unpaired) electrons. The van der Waals surface area contributed by atoms with Gasteiger partial charge in [0.05, 0.1) is 22.9 Å². The molecule has 160 valence electrons. The Kier molecular flexibility index (Phi) is 8.04. The lowest BCUT2D eigenvalue weighted by molar-refractivity contribution is -0.116. The number of halogens is 1. The number of nitrogens with zero attached hydrogens (tertiary/aromatic N) is 3. The number of hydrogen-bond donors (Lipinski definition) is 1. The van der Waals surface area contributed by atoms with Crippen LogP contribution in [-0.2, 0) is 9.53 Å². The fourth-order valence-corrected chi connectivity index (χ4v) is 3.55. The van der Waals surface area contributed by atoms with Crippen molar-refractivity contribution in [2.24, 2.45) is 0 Å². The van der Waals surface area contributed by atoms with E-state index in [0.29, 0.717) is 35.8 Å². The van der Waals surface area contributed by atoms with Crippen LogP contribution in [0, 0.1) is 0 Å². The summed E-state index contributed by atoms with van der Waals surface area (Å²) >= 11 is 6.09. The highest BCUT2D eigenvalue weighted by Gasteiger charge is 2.17. The van der Waals surface area contributed by atoms with Gasteiger partial charge in [0.15, 0.2) is 0 Å². The van der Waals surface area contributed by atoms with Crippen LogP contribution in [0.25, 0.3) is 0 Å². The maximum atomic E-state index is 12.3. The molecular weight excluding hydrogens is 404 g/mol. The van der Waals surface area contributed by atoms with Gasteiger partial charge >= 0.3 is 5.97 Å². The van der Waals surface area contributed by atoms with Crippen molar-refractivity contribution in [3.05, 3.63) is 53.2 Å². The number of carbonyl (C=O) groups is 2. The van der Waals surface area contributed by atoms with Gasteiger partial charge in [-0.15, -0.1) is 0 Å². The molecule has 1 aromatic carbocycles. The summed E-state index contributed by atoms with van der Waals surface area (Å²) in [5.74, 6) is 0.454. The van der Waals surface area contributed by atoms with Crippen LogP contribution in [0.1, 0.15) is 30.1 Å². The third kappa shape index (κ3) is 6.18. The molecule has 2 aromatic rings. The number of rotatable bonds is 7. The second kappa shape index (κ2) is 10.9. The molecule has 0 saturated carbocycles. The molecule has 1 amide bonds. The van der Waals surface area contributed by atoms with Crippen LogP contribution in [0.4, 0.5) is 11.5 Å². The van der Waals surface area contributed by atoms with E-state index < -0.39 is 0 Å². The van der Waals surface area contributed by atoms with Crippen molar-refractivity contribution in [1.82, 2.24) is 9.88 Å². The van der Waals surface area contributed by atoms with E-state index in [4.69, 9.17) is 16.3 Å². The van der Waals surface area contributed by atoms with Crippen LogP contribution in [0.5, 0.6) is 0 Å². The SMILES string of the molecule is CCOC(=O)c1ccc(N2CCCN(CCC(=O)Nc3ccccc3Cl)CC2)nc1. The zero-order chi connectivity index (χ0) is 21.3. The molecule has 30 heavy (non-hydrogen) atoms. The molecule has 1 aromatic heterocycles. The highest BCUT2D eigenvalue weighted by molar-refractivity contribution is 6.33. The Balaban J connectivity index is 1.47. The van der Waals surface area contributed by atoms with Gasteiger partial charge in [-0.3, -0.25) is 4.79 Å². The number of benzene rings is 1. The van der Waals surface area contributed by atoms with Crippen LogP contribution >= 0.6 is 11.6 Å². The van der Waals surface area contributed by atoms with E-state index >= 15 is 0 Å². The van der Waals surface area contributed by atoms with Gasteiger partial charge in [0.1, 0.15) is 5.82 Å². The minimum atomic E-state index is -0.353. The van der Waals surface area contributed by atoms with E-state index in [9.17, 15) is 9.59 Å². The van der Waals surface area contributed by atoms with Crippen molar-refractivity contribution in [1.29, 1.82) is 0 Å². The first-order valence-corrected chi connectivity index (χ1v) is 10.6. The number of carbonyl (C=O) groups excluding carboxylic acids is 2. The molecule has 0 spiro atoms. The van der Waals surface area contributed by atoms with Crippen molar-refractivity contribution in [2.45, 2.75) is 19.8 Å². The average molecular weight is 431 g/mol. The molecule has 1 fully saturated rings. The van der Waals surface area contributed by atoms with Crippen LogP contribution in [0.2, 0.25) is 5.02 Å². The fraction of sp³-hybridized carbons (Fsp3) is 0.409. The summed E-state index contributed by atoms with van der Waals surface area (Å²) < 4.78 is 5.00. The molecule has 0 unspecified atom stereocenters. The van der Waals surface area contributed by atoms with Crippen molar-refractivity contribution in [3.8, 4) is 0 Å². The largest absolute Gasteiger partial charge is 0.462 e. The molecule has 1 aliphatic rings. The van der Waals surface area contributed by atoms with Crippen molar-refractivity contribution in [3.63, 3.8) is 0 Å². The van der Waals surface area contributed by atoms with Gasteiger partial charge in [-0.25, -0.2) is 9.78 Å². The van der Waals surface area contributed by atoms with E-state index in [1.807, 2.05) is 18.2 Å². The summed E-state index contributed by atoms with van der Waals surface area (Å²) in [7, 11) is 0. The minimum absolute atomic E-state index is 0.0413. The number of para-hydroxylation sites is 1. The second-order valence-electron chi connectivity index (χ2n) is 7.09. The number of nitrogens with one attached hydrogen (secondary N) is 1. The predicted octanol–water partition coefficient (Wildman–Crippen LogP) is 3.45. The standard InChI is InChI=1S/C22H27ClN4O3/c1-2-30-22(29)17-8-9-20(24-16-17)27-12-5-11-26(14-15-27)13-10-21(28)25-19-7-4-3-6-18(19)23/h3-4,6-9,16H,2,5,10-15H2,1H3,(H,25,28). The molecule has 8 heteroatoms. The minimum Gasteiger partial charge on any atom is -0.462 e. The first-order chi connectivity index (χ1) is 14.6. The Morgan fingerprint density at radius 3 is 2.70 bits per heavy atom. The summed E-state index contributed by atoms with van der Waals surface area (Å²) in [5, 5.41) is 3.41. The molecule has 0 atom stereocenters. The van der Waals surface area contributed by atoms with Gasteiger partial charge in [0.2, 0.25) is 5.91 Å². The van der Waals surface area contributed by atoms with Crippen LogP contribution in [0.3, 0.4) is 0 Å². The average Bonchev–Trinajstić information content (AvgIpc) is 3.00. The molecule has 3 rings (SSSR count). The van der Waals surface area contributed by atoms with Crippen molar-refractivity contribution >= 4 is 35.0 Å². The number of aromatic nitrogens is 1. The number of esters is 1. The molecule has 1 N–H and O–H groups in total. The topological polar surface area (TPSA) is 74.8 Å². The van der Waals surface area contributed by atoms with E-state index in [0.717, 1.165) is 38.4 Å². The van der Waals surface area contributed by atoms with Gasteiger partial charge in [0.25, 0.3) is 0 Å². The Labute approximate surface area is 182 Å². The normalized spacial score (nSPS) is 14.8. The van der Waals surface area contributed by atoms with E-state index in [-0.39, 0.29) is 11.9 Å². The second-order valence-corrected chi connectivity index (χ2v) is 7.49. The Morgan fingerprint density at radius 2 is 1.97 bits per heavy atom.